The summed E-state index contributed by atoms with van der Waals surface area (Å²) in [7, 11) is 0. The molecule has 0 spiro atoms. The van der Waals surface area contributed by atoms with Crippen LogP contribution in [0, 0.1) is 0 Å². The van der Waals surface area contributed by atoms with Gasteiger partial charge in [-0.1, -0.05) is 11.6 Å². The number of pyridine rings is 1. The second kappa shape index (κ2) is 8.64. The quantitative estimate of drug-likeness (QED) is 0.668. The van der Waals surface area contributed by atoms with E-state index in [0.717, 1.165) is 0 Å². The number of alkyl halides is 3. The third-order valence-electron chi connectivity index (χ3n) is 5.10. The lowest BCUT2D eigenvalue weighted by atomic mass is 9.98. The molecule has 3 heterocycles. The standard InChI is InChI=1S/C19H23ClF3N5O3/c1-10(12-7-13(20)15(25-8-12)30-9-19(21,22)23)26-16-24-6-5-14(27-16)28-17(29)31-11(2)18(28,3)4/h5-8,10-11,17,29H,9H2,1-4H3,(H,24,26,27). The molecule has 3 rings (SSSR count). The lowest BCUT2D eigenvalue weighted by molar-refractivity contribution is -0.154. The highest BCUT2D eigenvalue weighted by Gasteiger charge is 2.46. The Labute approximate surface area is 182 Å². The Morgan fingerprint density at radius 3 is 2.68 bits per heavy atom. The number of hydrogen-bond acceptors (Lipinski definition) is 8. The predicted molar refractivity (Wildman–Crippen MR) is 108 cm³/mol. The molecule has 0 radical (unpaired) electrons. The van der Waals surface area contributed by atoms with Crippen LogP contribution < -0.4 is 15.0 Å². The molecule has 1 aliphatic rings. The van der Waals surface area contributed by atoms with Crippen LogP contribution in [0.25, 0.3) is 0 Å². The number of aliphatic hydroxyl groups excluding tert-OH is 1. The number of nitrogens with one attached hydrogen (secondary N) is 1. The molecule has 1 fully saturated rings. The van der Waals surface area contributed by atoms with Crippen molar-refractivity contribution < 1.29 is 27.8 Å². The molecule has 0 bridgehead atoms. The number of anilines is 2. The molecule has 3 unspecified atom stereocenters. The van der Waals surface area contributed by atoms with E-state index in [4.69, 9.17) is 16.3 Å². The first kappa shape index (κ1) is 23.3. The molecule has 2 aromatic rings. The Morgan fingerprint density at radius 1 is 1.39 bits per heavy atom. The average Bonchev–Trinajstić information content (AvgIpc) is 2.86. The zero-order chi connectivity index (χ0) is 23.0. The van der Waals surface area contributed by atoms with E-state index in [2.05, 4.69) is 25.0 Å². The number of aromatic nitrogens is 3. The van der Waals surface area contributed by atoms with Crippen molar-refractivity contribution in [1.29, 1.82) is 0 Å². The van der Waals surface area contributed by atoms with Gasteiger partial charge in [-0.05, 0) is 45.4 Å². The van der Waals surface area contributed by atoms with Crippen LogP contribution in [0.1, 0.15) is 39.3 Å². The molecular weight excluding hydrogens is 439 g/mol. The Morgan fingerprint density at radius 2 is 2.10 bits per heavy atom. The zero-order valence-electron chi connectivity index (χ0n) is 17.3. The van der Waals surface area contributed by atoms with Crippen LogP contribution in [-0.4, -0.2) is 50.9 Å². The molecule has 2 aromatic heterocycles. The van der Waals surface area contributed by atoms with Crippen LogP contribution in [0.4, 0.5) is 24.9 Å². The average molecular weight is 462 g/mol. The molecule has 3 atom stereocenters. The van der Waals surface area contributed by atoms with E-state index >= 15 is 0 Å². The van der Waals surface area contributed by atoms with Gasteiger partial charge in [0, 0.05) is 12.4 Å². The first-order valence-electron chi connectivity index (χ1n) is 9.46. The normalized spacial score (nSPS) is 21.8. The van der Waals surface area contributed by atoms with Crippen molar-refractivity contribution in [3.05, 3.63) is 35.1 Å². The predicted octanol–water partition coefficient (Wildman–Crippen LogP) is 3.92. The largest absolute Gasteiger partial charge is 0.467 e. The Hall–Kier alpha value is -2.37. The highest BCUT2D eigenvalue weighted by Crippen LogP contribution is 2.36. The molecule has 8 nitrogen and oxygen atoms in total. The smallest absolute Gasteiger partial charge is 0.422 e. The van der Waals surface area contributed by atoms with Gasteiger partial charge in [0.25, 0.3) is 0 Å². The molecule has 1 saturated heterocycles. The monoisotopic (exact) mass is 461 g/mol. The summed E-state index contributed by atoms with van der Waals surface area (Å²) in [6.45, 7) is 6.04. The number of nitrogens with zero attached hydrogens (tertiary/aromatic N) is 4. The second-order valence-corrected chi connectivity index (χ2v) is 8.10. The zero-order valence-corrected chi connectivity index (χ0v) is 18.1. The maximum atomic E-state index is 12.3. The third-order valence-corrected chi connectivity index (χ3v) is 5.37. The van der Waals surface area contributed by atoms with E-state index in [1.807, 2.05) is 20.8 Å². The van der Waals surface area contributed by atoms with E-state index in [9.17, 15) is 18.3 Å². The third kappa shape index (κ3) is 5.28. The Kier molecular flexibility index (Phi) is 6.49. The summed E-state index contributed by atoms with van der Waals surface area (Å²) in [6, 6.07) is 2.75. The van der Waals surface area contributed by atoms with E-state index in [1.54, 1.807) is 24.1 Å². The second-order valence-electron chi connectivity index (χ2n) is 7.69. The summed E-state index contributed by atoms with van der Waals surface area (Å²) in [6.07, 6.45) is -2.94. The lowest BCUT2D eigenvalue weighted by Gasteiger charge is -2.34. The van der Waals surface area contributed by atoms with Crippen LogP contribution in [0.2, 0.25) is 5.02 Å². The van der Waals surface area contributed by atoms with E-state index in [-0.39, 0.29) is 29.0 Å². The van der Waals surface area contributed by atoms with Crippen molar-refractivity contribution in [3.8, 4) is 5.88 Å². The summed E-state index contributed by atoms with van der Waals surface area (Å²) < 4.78 is 47.0. The van der Waals surface area contributed by atoms with Gasteiger partial charge in [-0.25, -0.2) is 9.97 Å². The van der Waals surface area contributed by atoms with Crippen LogP contribution in [0.5, 0.6) is 5.88 Å². The van der Waals surface area contributed by atoms with Gasteiger partial charge in [0.15, 0.2) is 6.61 Å². The van der Waals surface area contributed by atoms with Crippen LogP contribution in [-0.2, 0) is 4.74 Å². The van der Waals surface area contributed by atoms with E-state index in [1.165, 1.54) is 12.3 Å². The van der Waals surface area contributed by atoms with Crippen molar-refractivity contribution in [1.82, 2.24) is 15.0 Å². The van der Waals surface area contributed by atoms with Crippen molar-refractivity contribution in [2.75, 3.05) is 16.8 Å². The highest BCUT2D eigenvalue weighted by atomic mass is 35.5. The molecule has 0 aromatic carbocycles. The summed E-state index contributed by atoms with van der Waals surface area (Å²) in [5.41, 5.74) is 0.0947. The maximum Gasteiger partial charge on any atom is 0.422 e. The molecule has 1 aliphatic heterocycles. The van der Waals surface area contributed by atoms with E-state index in [0.29, 0.717) is 11.4 Å². The van der Waals surface area contributed by atoms with Gasteiger partial charge < -0.3 is 24.8 Å². The number of hydrogen-bond donors (Lipinski definition) is 2. The topological polar surface area (TPSA) is 92.6 Å². The van der Waals surface area contributed by atoms with E-state index < -0.39 is 24.7 Å². The highest BCUT2D eigenvalue weighted by molar-refractivity contribution is 6.31. The van der Waals surface area contributed by atoms with Crippen molar-refractivity contribution in [3.63, 3.8) is 0 Å². The van der Waals surface area contributed by atoms with Crippen molar-refractivity contribution in [2.24, 2.45) is 0 Å². The number of halogens is 4. The molecule has 2 N–H and O–H groups in total. The lowest BCUT2D eigenvalue weighted by Crippen LogP contribution is -2.47. The molecule has 0 saturated carbocycles. The van der Waals surface area contributed by atoms with Gasteiger partial charge in [-0.3, -0.25) is 0 Å². The molecule has 31 heavy (non-hydrogen) atoms. The van der Waals surface area contributed by atoms with Crippen LogP contribution in [0.15, 0.2) is 24.5 Å². The summed E-state index contributed by atoms with van der Waals surface area (Å²) >= 11 is 6.02. The number of aliphatic hydroxyl groups is 1. The number of ether oxygens (including phenoxy) is 2. The first-order valence-corrected chi connectivity index (χ1v) is 9.83. The minimum absolute atomic E-state index is 0.0434. The molecule has 12 heteroatoms. The van der Waals surface area contributed by atoms with Gasteiger partial charge in [0.2, 0.25) is 18.2 Å². The molecule has 170 valence electrons. The van der Waals surface area contributed by atoms with Crippen LogP contribution in [0.3, 0.4) is 0 Å². The fourth-order valence-electron chi connectivity index (χ4n) is 3.06. The number of rotatable bonds is 6. The Balaban J connectivity index is 1.73. The first-order chi connectivity index (χ1) is 14.4. The maximum absolute atomic E-state index is 12.3. The van der Waals surface area contributed by atoms with Gasteiger partial charge in [0.05, 0.1) is 17.7 Å². The molecule has 0 aliphatic carbocycles. The van der Waals surface area contributed by atoms with Gasteiger partial charge >= 0.3 is 6.18 Å². The summed E-state index contributed by atoms with van der Waals surface area (Å²) in [5, 5.41) is 13.3. The fourth-order valence-corrected chi connectivity index (χ4v) is 3.29. The van der Waals surface area contributed by atoms with Crippen LogP contribution >= 0.6 is 11.6 Å². The minimum Gasteiger partial charge on any atom is -0.467 e. The van der Waals surface area contributed by atoms with Crippen molar-refractivity contribution >= 4 is 23.4 Å². The fraction of sp³-hybridized carbons (Fsp3) is 0.526. The summed E-state index contributed by atoms with van der Waals surface area (Å²) in [4.78, 5) is 14.2. The molecular formula is C19H23ClF3N5O3. The van der Waals surface area contributed by atoms with Gasteiger partial charge in [-0.15, -0.1) is 0 Å². The van der Waals surface area contributed by atoms with Crippen molar-refractivity contribution in [2.45, 2.75) is 58.0 Å². The van der Waals surface area contributed by atoms with Gasteiger partial charge in [-0.2, -0.15) is 18.2 Å². The Bertz CT molecular complexity index is 931. The minimum atomic E-state index is -4.48. The van der Waals surface area contributed by atoms with Gasteiger partial charge in [0.1, 0.15) is 10.8 Å². The summed E-state index contributed by atoms with van der Waals surface area (Å²) in [5.74, 6) is 0.451. The molecule has 0 amide bonds. The SMILES string of the molecule is CC(Nc1nccc(N2C(O)OC(C)C2(C)C)n1)c1cnc(OCC(F)(F)F)c(Cl)c1.